The molecule has 1 aliphatic heterocycles. The van der Waals surface area contributed by atoms with E-state index in [2.05, 4.69) is 218 Å². The minimum atomic E-state index is -0.181. The molecule has 0 spiro atoms. The lowest BCUT2D eigenvalue weighted by molar-refractivity contribution is 0.489. The van der Waals surface area contributed by atoms with E-state index in [-0.39, 0.29) is 10.8 Å². The van der Waals surface area contributed by atoms with Crippen molar-refractivity contribution in [2.75, 3.05) is 4.90 Å². The number of benzene rings is 7. The molecule has 0 fully saturated rings. The highest BCUT2D eigenvalue weighted by molar-refractivity contribution is 6.09. The molecule has 260 valence electrons. The van der Waals surface area contributed by atoms with Gasteiger partial charge >= 0.3 is 0 Å². The number of anilines is 2. The fraction of sp³-hybridized carbons (Fsp3) is 0.115. The van der Waals surface area contributed by atoms with Crippen molar-refractivity contribution in [3.8, 4) is 27.9 Å². The van der Waals surface area contributed by atoms with Crippen LogP contribution < -0.4 is 4.90 Å². The van der Waals surface area contributed by atoms with Gasteiger partial charge in [-0.1, -0.05) is 154 Å². The first-order valence-electron chi connectivity index (χ1n) is 19.1. The van der Waals surface area contributed by atoms with Crippen molar-refractivity contribution in [3.63, 3.8) is 0 Å². The van der Waals surface area contributed by atoms with Crippen LogP contribution in [0.3, 0.4) is 0 Å². The van der Waals surface area contributed by atoms with E-state index in [9.17, 15) is 0 Å². The Labute approximate surface area is 318 Å². The zero-order valence-corrected chi connectivity index (χ0v) is 31.0. The highest BCUT2D eigenvalue weighted by Crippen LogP contribution is 2.54. The predicted octanol–water partition coefficient (Wildman–Crippen LogP) is 13.7. The number of fused-ring (bicyclic) bond motifs is 4. The molecule has 0 amide bonds. The van der Waals surface area contributed by atoms with Crippen molar-refractivity contribution in [2.24, 2.45) is 0 Å². The van der Waals surface area contributed by atoms with Crippen LogP contribution in [0.4, 0.5) is 11.4 Å². The summed E-state index contributed by atoms with van der Waals surface area (Å²) in [4.78, 5) is 2.49. The van der Waals surface area contributed by atoms with Crippen LogP contribution in [-0.2, 0) is 10.8 Å². The van der Waals surface area contributed by atoms with Crippen LogP contribution >= 0.6 is 0 Å². The Morgan fingerprint density at radius 1 is 0.481 bits per heavy atom. The Morgan fingerprint density at radius 2 is 1.04 bits per heavy atom. The summed E-state index contributed by atoms with van der Waals surface area (Å²) in [7, 11) is 0. The van der Waals surface area contributed by atoms with E-state index in [1.807, 2.05) is 0 Å². The molecule has 0 saturated carbocycles. The third-order valence-electron chi connectivity index (χ3n) is 12.1. The molecule has 54 heavy (non-hydrogen) atoms. The van der Waals surface area contributed by atoms with Crippen LogP contribution in [-0.4, -0.2) is 4.57 Å². The summed E-state index contributed by atoms with van der Waals surface area (Å²) >= 11 is 0. The summed E-state index contributed by atoms with van der Waals surface area (Å²) in [5.74, 6) is 0. The second kappa shape index (κ2) is 12.4. The minimum absolute atomic E-state index is 0.134. The van der Waals surface area contributed by atoms with Crippen molar-refractivity contribution in [3.05, 3.63) is 210 Å². The highest BCUT2D eigenvalue weighted by atomic mass is 15.2. The molecule has 8 aromatic rings. The third kappa shape index (κ3) is 5.09. The van der Waals surface area contributed by atoms with Gasteiger partial charge in [-0.3, -0.25) is 0 Å². The lowest BCUT2D eigenvalue weighted by Gasteiger charge is -2.47. The molecule has 0 saturated heterocycles. The number of hydrogen-bond acceptors (Lipinski definition) is 1. The van der Waals surface area contributed by atoms with Gasteiger partial charge in [0.2, 0.25) is 0 Å². The average Bonchev–Trinajstić information content (AvgIpc) is 3.56. The van der Waals surface area contributed by atoms with Gasteiger partial charge in [0.25, 0.3) is 0 Å². The quantitative estimate of drug-likeness (QED) is 0.174. The van der Waals surface area contributed by atoms with Gasteiger partial charge in [-0.2, -0.15) is 0 Å². The monoisotopic (exact) mass is 694 g/mol. The molecule has 2 heterocycles. The van der Waals surface area contributed by atoms with E-state index in [0.717, 1.165) is 6.42 Å². The average molecular weight is 695 g/mol. The summed E-state index contributed by atoms with van der Waals surface area (Å²) in [6, 6.07) is 64.3. The topological polar surface area (TPSA) is 8.17 Å². The lowest BCUT2D eigenvalue weighted by atomic mass is 9.63. The van der Waals surface area contributed by atoms with Crippen LogP contribution in [0.25, 0.3) is 49.7 Å². The van der Waals surface area contributed by atoms with Crippen molar-refractivity contribution in [2.45, 2.75) is 38.0 Å². The molecule has 0 N–H and O–H groups in total. The van der Waals surface area contributed by atoms with Crippen molar-refractivity contribution >= 4 is 33.2 Å². The molecule has 0 bridgehead atoms. The molecule has 7 aromatic carbocycles. The molecule has 1 atom stereocenters. The molecule has 0 radical (unpaired) electrons. The molecule has 1 aliphatic carbocycles. The minimum Gasteiger partial charge on any atom is -0.310 e. The van der Waals surface area contributed by atoms with E-state index in [1.54, 1.807) is 0 Å². The zero-order valence-electron chi connectivity index (χ0n) is 31.0. The Balaban J connectivity index is 1.05. The number of rotatable bonds is 5. The summed E-state index contributed by atoms with van der Waals surface area (Å²) in [5, 5.41) is 2.57. The molecular weight excluding hydrogens is 653 g/mol. The fourth-order valence-corrected chi connectivity index (χ4v) is 9.07. The number of nitrogens with zero attached hydrogens (tertiary/aromatic N) is 2. The van der Waals surface area contributed by atoms with Gasteiger partial charge in [-0.05, 0) is 100.0 Å². The van der Waals surface area contributed by atoms with Gasteiger partial charge in [0.1, 0.15) is 0 Å². The molecule has 1 aromatic heterocycles. The maximum atomic E-state index is 2.49. The number of allylic oxidation sites excluding steroid dienone is 3. The fourth-order valence-electron chi connectivity index (χ4n) is 9.07. The van der Waals surface area contributed by atoms with Gasteiger partial charge in [0.05, 0.1) is 16.7 Å². The molecule has 1 unspecified atom stereocenters. The Morgan fingerprint density at radius 3 is 1.72 bits per heavy atom. The van der Waals surface area contributed by atoms with Crippen LogP contribution in [0.2, 0.25) is 0 Å². The van der Waals surface area contributed by atoms with Crippen molar-refractivity contribution in [1.82, 2.24) is 4.57 Å². The summed E-state index contributed by atoms with van der Waals surface area (Å²) in [5.41, 5.74) is 16.1. The third-order valence-corrected chi connectivity index (χ3v) is 12.1. The van der Waals surface area contributed by atoms with Crippen LogP contribution in [0.15, 0.2) is 199 Å². The highest BCUT2D eigenvalue weighted by Gasteiger charge is 2.43. The first kappa shape index (κ1) is 32.3. The number of para-hydroxylation sites is 2. The van der Waals surface area contributed by atoms with E-state index in [1.165, 1.54) is 83.5 Å². The molecular formula is C52H42N2. The maximum absolute atomic E-state index is 2.49. The molecule has 2 nitrogen and oxygen atoms in total. The van der Waals surface area contributed by atoms with Crippen LogP contribution in [0, 0.1) is 0 Å². The van der Waals surface area contributed by atoms with Gasteiger partial charge in [-0.15, -0.1) is 0 Å². The SMILES string of the molecule is CC1(c2ccc3c(c2)c2ccccc2n3-c2ccc(-c3ccccc3)cc2)C=CC2=C(C1)C(C)(C)c1ccccc1N2c1ccc(-c2ccccc2)cc1. The smallest absolute Gasteiger partial charge is 0.0541 e. The summed E-state index contributed by atoms with van der Waals surface area (Å²) in [6.07, 6.45) is 5.80. The Bertz CT molecular complexity index is 2750. The largest absolute Gasteiger partial charge is 0.310 e. The van der Waals surface area contributed by atoms with Crippen molar-refractivity contribution in [1.29, 1.82) is 0 Å². The summed E-state index contributed by atoms with van der Waals surface area (Å²) in [6.45, 7) is 7.25. The second-order valence-corrected chi connectivity index (χ2v) is 15.7. The van der Waals surface area contributed by atoms with Crippen molar-refractivity contribution < 1.29 is 0 Å². The number of aromatic nitrogens is 1. The van der Waals surface area contributed by atoms with Crippen LogP contribution in [0.5, 0.6) is 0 Å². The van der Waals surface area contributed by atoms with Gasteiger partial charge < -0.3 is 9.47 Å². The standard InChI is InChI=1S/C52H42N2/c1-51(2)45-19-11-13-21-49(45)54(42-29-24-39(25-30-42)37-16-8-5-9-17-37)50-32-33-52(3,35-46(50)51)40-26-31-48-44(34-40)43-18-10-12-20-47(43)53(48)41-27-22-38(23-28-41)36-14-6-4-7-15-36/h4-34H,35H2,1-3H3. The Kier molecular flexibility index (Phi) is 7.39. The first-order chi connectivity index (χ1) is 26.4. The van der Waals surface area contributed by atoms with Gasteiger partial charge in [0.15, 0.2) is 0 Å². The molecule has 10 rings (SSSR count). The Hall–Kier alpha value is -6.38. The molecule has 2 heteroatoms. The van der Waals surface area contributed by atoms with Crippen LogP contribution in [0.1, 0.15) is 38.3 Å². The van der Waals surface area contributed by atoms with Gasteiger partial charge in [-0.25, -0.2) is 0 Å². The zero-order chi connectivity index (χ0) is 36.4. The van der Waals surface area contributed by atoms with E-state index >= 15 is 0 Å². The summed E-state index contributed by atoms with van der Waals surface area (Å²) < 4.78 is 2.42. The second-order valence-electron chi connectivity index (χ2n) is 15.7. The van der Waals surface area contributed by atoms with E-state index in [0.29, 0.717) is 0 Å². The first-order valence-corrected chi connectivity index (χ1v) is 19.1. The van der Waals surface area contributed by atoms with E-state index in [4.69, 9.17) is 0 Å². The maximum Gasteiger partial charge on any atom is 0.0541 e. The lowest BCUT2D eigenvalue weighted by Crippen LogP contribution is -2.39. The molecule has 2 aliphatic rings. The number of hydrogen-bond donors (Lipinski definition) is 0. The van der Waals surface area contributed by atoms with Gasteiger partial charge in [0, 0.05) is 38.7 Å². The van der Waals surface area contributed by atoms with E-state index < -0.39 is 0 Å². The normalized spacial score (nSPS) is 17.5. The predicted molar refractivity (Wildman–Crippen MR) is 228 cm³/mol.